The Balaban J connectivity index is 2.59. The molecule has 4 nitrogen and oxygen atoms in total. The van der Waals surface area contributed by atoms with E-state index < -0.39 is 0 Å². The maximum absolute atomic E-state index is 5.58. The molecular formula is C13H23N3O. The van der Waals surface area contributed by atoms with Crippen molar-refractivity contribution in [2.75, 3.05) is 18.5 Å². The van der Waals surface area contributed by atoms with E-state index >= 15 is 0 Å². The van der Waals surface area contributed by atoms with Crippen molar-refractivity contribution in [2.24, 2.45) is 5.92 Å². The maximum atomic E-state index is 5.58. The number of aryl methyl sites for hydroxylation is 1. The van der Waals surface area contributed by atoms with Crippen molar-refractivity contribution < 1.29 is 4.74 Å². The van der Waals surface area contributed by atoms with E-state index in [2.05, 4.69) is 36.1 Å². The van der Waals surface area contributed by atoms with Crippen molar-refractivity contribution in [1.29, 1.82) is 0 Å². The summed E-state index contributed by atoms with van der Waals surface area (Å²) in [6.45, 7) is 9.98. The minimum atomic E-state index is 0.592. The molecule has 0 saturated heterocycles. The number of ether oxygens (including phenoxy) is 1. The molecule has 1 N–H and O–H groups in total. The number of unbranched alkanes of at least 4 members (excludes halogenated alkanes) is 1. The van der Waals surface area contributed by atoms with Crippen LogP contribution in [0.4, 0.5) is 5.82 Å². The Hall–Kier alpha value is -1.32. The van der Waals surface area contributed by atoms with Gasteiger partial charge in [0, 0.05) is 12.6 Å². The summed E-state index contributed by atoms with van der Waals surface area (Å²) in [5, 5.41) is 3.28. The van der Waals surface area contributed by atoms with E-state index in [4.69, 9.17) is 4.74 Å². The molecule has 0 aliphatic rings. The van der Waals surface area contributed by atoms with Crippen LogP contribution in [0.25, 0.3) is 0 Å². The van der Waals surface area contributed by atoms with Gasteiger partial charge >= 0.3 is 0 Å². The predicted octanol–water partition coefficient (Wildman–Crippen LogP) is 3.03. The van der Waals surface area contributed by atoms with Gasteiger partial charge in [0.05, 0.1) is 6.61 Å². The largest absolute Gasteiger partial charge is 0.478 e. The van der Waals surface area contributed by atoms with E-state index in [9.17, 15) is 0 Å². The maximum Gasteiger partial charge on any atom is 0.218 e. The number of aromatic nitrogens is 2. The lowest BCUT2D eigenvalue weighted by atomic mass is 10.2. The first-order valence-electron chi connectivity index (χ1n) is 6.34. The highest BCUT2D eigenvalue weighted by atomic mass is 16.5. The van der Waals surface area contributed by atoms with E-state index in [-0.39, 0.29) is 0 Å². The Kier molecular flexibility index (Phi) is 5.73. The third kappa shape index (κ3) is 5.52. The Morgan fingerprint density at radius 2 is 2.12 bits per heavy atom. The van der Waals surface area contributed by atoms with Crippen LogP contribution >= 0.6 is 0 Å². The van der Waals surface area contributed by atoms with Crippen molar-refractivity contribution in [1.82, 2.24) is 9.97 Å². The second-order valence-corrected chi connectivity index (χ2v) is 4.62. The molecule has 17 heavy (non-hydrogen) atoms. The number of nitrogens with one attached hydrogen (secondary N) is 1. The molecule has 1 aromatic heterocycles. The zero-order valence-corrected chi connectivity index (χ0v) is 11.3. The average Bonchev–Trinajstić information content (AvgIpc) is 2.26. The lowest BCUT2D eigenvalue weighted by Crippen LogP contribution is -2.10. The minimum absolute atomic E-state index is 0.592. The summed E-state index contributed by atoms with van der Waals surface area (Å²) in [5.41, 5.74) is 0. The smallest absolute Gasteiger partial charge is 0.218 e. The summed E-state index contributed by atoms with van der Waals surface area (Å²) in [5.74, 6) is 2.84. The van der Waals surface area contributed by atoms with Crippen LogP contribution in [0.1, 0.15) is 39.4 Å². The van der Waals surface area contributed by atoms with E-state index in [1.165, 1.54) is 0 Å². The van der Waals surface area contributed by atoms with Crippen LogP contribution in [0.3, 0.4) is 0 Å². The van der Waals surface area contributed by atoms with Crippen LogP contribution < -0.4 is 10.1 Å². The molecule has 0 aliphatic heterocycles. The zero-order valence-electron chi connectivity index (χ0n) is 11.3. The number of anilines is 1. The highest BCUT2D eigenvalue weighted by Crippen LogP contribution is 2.14. The molecule has 0 aromatic carbocycles. The van der Waals surface area contributed by atoms with Crippen molar-refractivity contribution in [3.8, 4) is 5.88 Å². The van der Waals surface area contributed by atoms with Crippen LogP contribution in [-0.4, -0.2) is 23.1 Å². The van der Waals surface area contributed by atoms with Gasteiger partial charge in [-0.1, -0.05) is 27.2 Å². The summed E-state index contributed by atoms with van der Waals surface area (Å²) in [4.78, 5) is 8.59. The van der Waals surface area contributed by atoms with Gasteiger partial charge in [0.1, 0.15) is 11.6 Å². The molecule has 0 amide bonds. The molecule has 0 fully saturated rings. The molecule has 0 radical (unpaired) electrons. The topological polar surface area (TPSA) is 47.0 Å². The Morgan fingerprint density at radius 3 is 2.76 bits per heavy atom. The summed E-state index contributed by atoms with van der Waals surface area (Å²) < 4.78 is 5.58. The first-order valence-corrected chi connectivity index (χ1v) is 6.34. The fraction of sp³-hybridized carbons (Fsp3) is 0.692. The lowest BCUT2D eigenvalue weighted by molar-refractivity contribution is 0.296. The van der Waals surface area contributed by atoms with Gasteiger partial charge in [0.15, 0.2) is 0 Å². The Labute approximate surface area is 104 Å². The number of hydrogen-bond donors (Lipinski definition) is 1. The molecule has 96 valence electrons. The van der Waals surface area contributed by atoms with Gasteiger partial charge in [-0.3, -0.25) is 0 Å². The van der Waals surface area contributed by atoms with Gasteiger partial charge < -0.3 is 10.1 Å². The van der Waals surface area contributed by atoms with Crippen molar-refractivity contribution >= 4 is 5.82 Å². The Morgan fingerprint density at radius 1 is 1.35 bits per heavy atom. The minimum Gasteiger partial charge on any atom is -0.478 e. The van der Waals surface area contributed by atoms with Crippen LogP contribution in [0.5, 0.6) is 5.88 Å². The summed E-state index contributed by atoms with van der Waals surface area (Å²) in [7, 11) is 0. The van der Waals surface area contributed by atoms with Gasteiger partial charge in [-0.2, -0.15) is 4.98 Å². The monoisotopic (exact) mass is 237 g/mol. The summed E-state index contributed by atoms with van der Waals surface area (Å²) in [6.07, 6.45) is 2.18. The van der Waals surface area contributed by atoms with E-state index in [0.717, 1.165) is 37.6 Å². The molecule has 0 saturated carbocycles. The van der Waals surface area contributed by atoms with Gasteiger partial charge in [-0.15, -0.1) is 0 Å². The third-order valence-electron chi connectivity index (χ3n) is 2.25. The number of hydrogen-bond acceptors (Lipinski definition) is 4. The van der Waals surface area contributed by atoms with Gasteiger partial charge in [-0.05, 0) is 19.3 Å². The highest BCUT2D eigenvalue weighted by molar-refractivity contribution is 5.38. The molecule has 0 aliphatic carbocycles. The zero-order chi connectivity index (χ0) is 12.7. The van der Waals surface area contributed by atoms with Crippen molar-refractivity contribution in [2.45, 2.75) is 40.5 Å². The van der Waals surface area contributed by atoms with Crippen LogP contribution in [0.15, 0.2) is 6.07 Å². The molecule has 0 spiro atoms. The molecule has 1 aromatic rings. The fourth-order valence-electron chi connectivity index (χ4n) is 1.33. The first-order chi connectivity index (χ1) is 8.11. The van der Waals surface area contributed by atoms with Crippen LogP contribution in [0, 0.1) is 12.8 Å². The van der Waals surface area contributed by atoms with Crippen molar-refractivity contribution in [3.63, 3.8) is 0 Å². The lowest BCUT2D eigenvalue weighted by Gasteiger charge is -2.10. The Bertz CT molecular complexity index is 339. The second kappa shape index (κ2) is 7.09. The van der Waals surface area contributed by atoms with E-state index in [1.807, 2.05) is 13.0 Å². The normalized spacial score (nSPS) is 10.6. The highest BCUT2D eigenvalue weighted by Gasteiger charge is 2.03. The van der Waals surface area contributed by atoms with Gasteiger partial charge in [-0.25, -0.2) is 4.98 Å². The van der Waals surface area contributed by atoms with E-state index in [1.54, 1.807) is 0 Å². The van der Waals surface area contributed by atoms with Crippen LogP contribution in [0.2, 0.25) is 0 Å². The molecule has 4 heteroatoms. The number of rotatable bonds is 7. The van der Waals surface area contributed by atoms with Gasteiger partial charge in [0.25, 0.3) is 0 Å². The fourth-order valence-corrected chi connectivity index (χ4v) is 1.33. The quantitative estimate of drug-likeness (QED) is 0.740. The molecule has 0 bridgehead atoms. The molecule has 0 atom stereocenters. The second-order valence-electron chi connectivity index (χ2n) is 4.62. The van der Waals surface area contributed by atoms with E-state index in [0.29, 0.717) is 11.8 Å². The number of nitrogens with zero attached hydrogens (tertiary/aromatic N) is 2. The first kappa shape index (κ1) is 13.7. The molecule has 0 unspecified atom stereocenters. The summed E-state index contributed by atoms with van der Waals surface area (Å²) in [6, 6.07) is 1.87. The van der Waals surface area contributed by atoms with Crippen molar-refractivity contribution in [3.05, 3.63) is 11.9 Å². The molecule has 1 rings (SSSR count). The SMILES string of the molecule is CCCCOc1cc(NCC(C)C)nc(C)n1. The molecule has 1 heterocycles. The predicted molar refractivity (Wildman–Crippen MR) is 70.5 cm³/mol. The molecular weight excluding hydrogens is 214 g/mol. The van der Waals surface area contributed by atoms with Crippen LogP contribution in [-0.2, 0) is 0 Å². The standard InChI is InChI=1S/C13H23N3O/c1-5-6-7-17-13-8-12(14-9-10(2)3)15-11(4)16-13/h8,10H,5-7,9H2,1-4H3,(H,14,15,16). The van der Waals surface area contributed by atoms with Gasteiger partial charge in [0.2, 0.25) is 5.88 Å². The summed E-state index contributed by atoms with van der Waals surface area (Å²) >= 11 is 0. The average molecular weight is 237 g/mol. The third-order valence-corrected chi connectivity index (χ3v) is 2.25.